The highest BCUT2D eigenvalue weighted by atomic mass is 16.5. The number of ether oxygens (including phenoxy) is 1. The predicted molar refractivity (Wildman–Crippen MR) is 63.2 cm³/mol. The van der Waals surface area contributed by atoms with Crippen molar-refractivity contribution in [1.82, 2.24) is 0 Å². The summed E-state index contributed by atoms with van der Waals surface area (Å²) >= 11 is 0. The number of methoxy groups -OCH3 is 1. The third-order valence-corrected chi connectivity index (χ3v) is 3.97. The monoisotopic (exact) mass is 218 g/mol. The zero-order chi connectivity index (χ0) is 11.6. The fraction of sp³-hybridized carbons (Fsp3) is 0.500. The van der Waals surface area contributed by atoms with Crippen molar-refractivity contribution in [3.05, 3.63) is 35.9 Å². The van der Waals surface area contributed by atoms with Gasteiger partial charge in [-0.15, -0.1) is 0 Å². The fourth-order valence-electron chi connectivity index (χ4n) is 2.64. The van der Waals surface area contributed by atoms with Crippen LogP contribution < -0.4 is 0 Å². The minimum absolute atomic E-state index is 0.0462. The molecule has 1 aliphatic rings. The Morgan fingerprint density at radius 1 is 1.31 bits per heavy atom. The Hall–Kier alpha value is -1.31. The van der Waals surface area contributed by atoms with Crippen LogP contribution in [0, 0.1) is 5.41 Å². The Kier molecular flexibility index (Phi) is 2.99. The molecule has 0 bridgehead atoms. The van der Waals surface area contributed by atoms with Gasteiger partial charge in [-0.25, -0.2) is 0 Å². The van der Waals surface area contributed by atoms with Crippen molar-refractivity contribution < 1.29 is 9.53 Å². The zero-order valence-electron chi connectivity index (χ0n) is 9.90. The van der Waals surface area contributed by atoms with Gasteiger partial charge < -0.3 is 4.74 Å². The molecule has 1 aromatic rings. The summed E-state index contributed by atoms with van der Waals surface area (Å²) in [5.74, 6) is 0.199. The van der Waals surface area contributed by atoms with Gasteiger partial charge in [-0.1, -0.05) is 43.7 Å². The Balaban J connectivity index is 2.26. The molecule has 0 radical (unpaired) electrons. The molecule has 2 nitrogen and oxygen atoms in total. The van der Waals surface area contributed by atoms with Crippen LogP contribution in [0.15, 0.2) is 30.3 Å². The number of hydrogen-bond donors (Lipinski definition) is 0. The maximum absolute atomic E-state index is 11.9. The van der Waals surface area contributed by atoms with Crippen LogP contribution in [-0.4, -0.2) is 13.1 Å². The molecule has 0 aliphatic heterocycles. The van der Waals surface area contributed by atoms with Crippen LogP contribution >= 0.6 is 0 Å². The first-order chi connectivity index (χ1) is 7.70. The second-order valence-electron chi connectivity index (χ2n) is 4.63. The fourth-order valence-corrected chi connectivity index (χ4v) is 2.64. The second kappa shape index (κ2) is 4.28. The van der Waals surface area contributed by atoms with Gasteiger partial charge in [0, 0.05) is 0 Å². The van der Waals surface area contributed by atoms with E-state index in [0.29, 0.717) is 0 Å². The first-order valence-electron chi connectivity index (χ1n) is 5.84. The van der Waals surface area contributed by atoms with Crippen molar-refractivity contribution in [3.63, 3.8) is 0 Å². The SMILES string of the molecule is COC(=O)C1(C(C)c2ccccc2)CCC1. The highest BCUT2D eigenvalue weighted by Crippen LogP contribution is 2.52. The van der Waals surface area contributed by atoms with Crippen molar-refractivity contribution in [1.29, 1.82) is 0 Å². The zero-order valence-corrected chi connectivity index (χ0v) is 9.90. The van der Waals surface area contributed by atoms with E-state index >= 15 is 0 Å². The quantitative estimate of drug-likeness (QED) is 0.728. The van der Waals surface area contributed by atoms with Crippen molar-refractivity contribution >= 4 is 5.97 Å². The van der Waals surface area contributed by atoms with E-state index < -0.39 is 0 Å². The predicted octanol–water partition coefficient (Wildman–Crippen LogP) is 3.13. The molecule has 0 heterocycles. The van der Waals surface area contributed by atoms with Crippen LogP contribution in [0.1, 0.15) is 37.7 Å². The molecule has 0 aromatic heterocycles. The number of hydrogen-bond acceptors (Lipinski definition) is 2. The highest BCUT2D eigenvalue weighted by Gasteiger charge is 2.49. The highest BCUT2D eigenvalue weighted by molar-refractivity contribution is 5.79. The van der Waals surface area contributed by atoms with Crippen LogP contribution in [0.25, 0.3) is 0 Å². The molecule has 16 heavy (non-hydrogen) atoms. The molecule has 2 rings (SSSR count). The molecule has 86 valence electrons. The molecule has 1 fully saturated rings. The van der Waals surface area contributed by atoms with E-state index in [9.17, 15) is 4.79 Å². The average molecular weight is 218 g/mol. The third-order valence-electron chi connectivity index (χ3n) is 3.97. The summed E-state index contributed by atoms with van der Waals surface area (Å²) < 4.78 is 4.96. The minimum atomic E-state index is -0.268. The second-order valence-corrected chi connectivity index (χ2v) is 4.63. The van der Waals surface area contributed by atoms with Gasteiger partial charge in [0.05, 0.1) is 12.5 Å². The number of carbonyl (C=O) groups is 1. The minimum Gasteiger partial charge on any atom is -0.469 e. The van der Waals surface area contributed by atoms with Crippen molar-refractivity contribution in [2.24, 2.45) is 5.41 Å². The van der Waals surface area contributed by atoms with E-state index in [1.807, 2.05) is 18.2 Å². The van der Waals surface area contributed by atoms with Crippen LogP contribution in [0.4, 0.5) is 0 Å². The van der Waals surface area contributed by atoms with E-state index in [2.05, 4.69) is 19.1 Å². The lowest BCUT2D eigenvalue weighted by Crippen LogP contribution is -2.43. The molecule has 0 saturated heterocycles. The van der Waals surface area contributed by atoms with Gasteiger partial charge in [-0.05, 0) is 24.3 Å². The smallest absolute Gasteiger partial charge is 0.312 e. The summed E-state index contributed by atoms with van der Waals surface area (Å²) in [5.41, 5.74) is 0.962. The summed E-state index contributed by atoms with van der Waals surface area (Å²) in [6.45, 7) is 2.13. The Labute approximate surface area is 96.6 Å². The Morgan fingerprint density at radius 3 is 2.38 bits per heavy atom. The lowest BCUT2D eigenvalue weighted by atomic mass is 9.60. The summed E-state index contributed by atoms with van der Waals surface area (Å²) in [5, 5.41) is 0. The molecule has 0 N–H and O–H groups in total. The van der Waals surface area contributed by atoms with Gasteiger partial charge in [-0.2, -0.15) is 0 Å². The topological polar surface area (TPSA) is 26.3 Å². The van der Waals surface area contributed by atoms with Gasteiger partial charge in [-0.3, -0.25) is 4.79 Å². The van der Waals surface area contributed by atoms with Crippen molar-refractivity contribution in [2.45, 2.75) is 32.1 Å². The first kappa shape index (κ1) is 11.2. The van der Waals surface area contributed by atoms with Gasteiger partial charge in [0.2, 0.25) is 0 Å². The van der Waals surface area contributed by atoms with Gasteiger partial charge in [0.1, 0.15) is 0 Å². The van der Waals surface area contributed by atoms with Crippen molar-refractivity contribution in [3.8, 4) is 0 Å². The van der Waals surface area contributed by atoms with Crippen LogP contribution in [0.2, 0.25) is 0 Å². The molecule has 1 atom stereocenters. The molecule has 1 saturated carbocycles. The van der Waals surface area contributed by atoms with Gasteiger partial charge >= 0.3 is 5.97 Å². The van der Waals surface area contributed by atoms with Crippen LogP contribution in [0.5, 0.6) is 0 Å². The van der Waals surface area contributed by atoms with E-state index in [4.69, 9.17) is 4.74 Å². The summed E-state index contributed by atoms with van der Waals surface area (Å²) in [6, 6.07) is 10.2. The van der Waals surface area contributed by atoms with E-state index in [1.165, 1.54) is 12.7 Å². The van der Waals surface area contributed by atoms with Crippen molar-refractivity contribution in [2.75, 3.05) is 7.11 Å². The summed E-state index contributed by atoms with van der Waals surface area (Å²) in [4.78, 5) is 11.9. The van der Waals surface area contributed by atoms with Crippen LogP contribution in [0.3, 0.4) is 0 Å². The van der Waals surface area contributed by atoms with Gasteiger partial charge in [0.15, 0.2) is 0 Å². The number of benzene rings is 1. The molecular formula is C14H18O2. The lowest BCUT2D eigenvalue weighted by molar-refractivity contribution is -0.160. The van der Waals surface area contributed by atoms with E-state index in [1.54, 1.807) is 0 Å². The largest absolute Gasteiger partial charge is 0.469 e. The molecule has 2 heteroatoms. The Bertz CT molecular complexity index is 366. The Morgan fingerprint density at radius 2 is 1.94 bits per heavy atom. The molecule has 1 aliphatic carbocycles. The van der Waals surface area contributed by atoms with Crippen LogP contribution in [-0.2, 0) is 9.53 Å². The maximum atomic E-state index is 11.9. The van der Waals surface area contributed by atoms with E-state index in [-0.39, 0.29) is 17.3 Å². The standard InChI is InChI=1S/C14H18O2/c1-11(12-7-4-3-5-8-12)14(9-6-10-14)13(15)16-2/h3-5,7-8,11H,6,9-10H2,1-2H3. The number of rotatable bonds is 3. The number of esters is 1. The molecule has 0 amide bonds. The lowest BCUT2D eigenvalue weighted by Gasteiger charge is -2.43. The molecule has 1 aromatic carbocycles. The van der Waals surface area contributed by atoms with Gasteiger partial charge in [0.25, 0.3) is 0 Å². The summed E-state index contributed by atoms with van der Waals surface area (Å²) in [6.07, 6.45) is 3.04. The third kappa shape index (κ3) is 1.62. The normalized spacial score (nSPS) is 19.6. The average Bonchev–Trinajstić information content (AvgIpc) is 2.28. The summed E-state index contributed by atoms with van der Waals surface area (Å²) in [7, 11) is 1.49. The van der Waals surface area contributed by atoms with E-state index in [0.717, 1.165) is 19.3 Å². The molecule has 1 unspecified atom stereocenters. The molecule has 0 spiro atoms. The first-order valence-corrected chi connectivity index (χ1v) is 5.84. The maximum Gasteiger partial charge on any atom is 0.312 e. The molecular weight excluding hydrogens is 200 g/mol. The number of carbonyl (C=O) groups excluding carboxylic acids is 1.